The molecule has 0 atom stereocenters. The third kappa shape index (κ3) is 2.99. The van der Waals surface area contributed by atoms with Crippen molar-refractivity contribution < 1.29 is 17.9 Å². The van der Waals surface area contributed by atoms with Crippen LogP contribution < -0.4 is 10.5 Å². The van der Waals surface area contributed by atoms with Gasteiger partial charge in [-0.05, 0) is 30.2 Å². The number of aryl methyl sites for hydroxylation is 1. The minimum Gasteiger partial charge on any atom is -0.486 e. The van der Waals surface area contributed by atoms with Crippen LogP contribution in [0.4, 0.5) is 18.9 Å². The number of rotatable bonds is 3. The lowest BCUT2D eigenvalue weighted by Gasteiger charge is -2.10. The van der Waals surface area contributed by atoms with Gasteiger partial charge in [0.1, 0.15) is 18.2 Å². The van der Waals surface area contributed by atoms with E-state index in [1.54, 1.807) is 6.92 Å². The average Bonchev–Trinajstić information content (AvgIpc) is 2.34. The Bertz CT molecular complexity index is 614. The lowest BCUT2D eigenvalue weighted by molar-refractivity contribution is 0.288. The van der Waals surface area contributed by atoms with Gasteiger partial charge >= 0.3 is 0 Å². The molecule has 0 aliphatic carbocycles. The summed E-state index contributed by atoms with van der Waals surface area (Å²) >= 11 is 0. The highest BCUT2D eigenvalue weighted by atomic mass is 19.1. The van der Waals surface area contributed by atoms with Crippen molar-refractivity contribution in [3.8, 4) is 5.75 Å². The Balaban J connectivity index is 2.16. The van der Waals surface area contributed by atoms with Crippen LogP contribution in [-0.4, -0.2) is 0 Å². The zero-order valence-electron chi connectivity index (χ0n) is 10.2. The van der Waals surface area contributed by atoms with Gasteiger partial charge in [0, 0.05) is 12.1 Å². The predicted molar refractivity (Wildman–Crippen MR) is 66.2 cm³/mol. The molecule has 2 N–H and O–H groups in total. The Morgan fingerprint density at radius 3 is 2.47 bits per heavy atom. The van der Waals surface area contributed by atoms with Gasteiger partial charge in [0.05, 0.1) is 5.69 Å². The molecule has 0 bridgehead atoms. The first-order chi connectivity index (χ1) is 8.97. The summed E-state index contributed by atoms with van der Waals surface area (Å²) in [7, 11) is 0. The fraction of sp³-hybridized carbons (Fsp3) is 0.143. The maximum atomic E-state index is 13.5. The summed E-state index contributed by atoms with van der Waals surface area (Å²) in [5, 5.41) is 0. The van der Waals surface area contributed by atoms with Crippen molar-refractivity contribution in [3.05, 3.63) is 58.9 Å². The summed E-state index contributed by atoms with van der Waals surface area (Å²) in [6, 6.07) is 5.92. The van der Waals surface area contributed by atoms with Gasteiger partial charge in [-0.2, -0.15) is 0 Å². The summed E-state index contributed by atoms with van der Waals surface area (Å²) in [6.45, 7) is 1.73. The molecule has 2 rings (SSSR count). The van der Waals surface area contributed by atoms with E-state index in [-0.39, 0.29) is 23.9 Å². The van der Waals surface area contributed by atoms with Gasteiger partial charge in [-0.25, -0.2) is 13.2 Å². The van der Waals surface area contributed by atoms with Crippen LogP contribution in [0.3, 0.4) is 0 Å². The molecular formula is C14H12F3NO. The smallest absolute Gasteiger partial charge is 0.167 e. The summed E-state index contributed by atoms with van der Waals surface area (Å²) < 4.78 is 44.8. The van der Waals surface area contributed by atoms with Crippen LogP contribution in [0.25, 0.3) is 0 Å². The molecular weight excluding hydrogens is 255 g/mol. The maximum Gasteiger partial charge on any atom is 0.167 e. The Kier molecular flexibility index (Phi) is 3.64. The third-order valence-electron chi connectivity index (χ3n) is 2.74. The van der Waals surface area contributed by atoms with Crippen LogP contribution in [0.5, 0.6) is 5.75 Å². The summed E-state index contributed by atoms with van der Waals surface area (Å²) in [6.07, 6.45) is 0. The first-order valence-electron chi connectivity index (χ1n) is 5.59. The number of nitrogens with two attached hydrogens (primary N) is 1. The van der Waals surface area contributed by atoms with Crippen LogP contribution in [0.1, 0.15) is 11.1 Å². The molecule has 0 radical (unpaired) electrons. The molecule has 0 aliphatic rings. The molecule has 5 heteroatoms. The van der Waals surface area contributed by atoms with E-state index >= 15 is 0 Å². The molecule has 0 aliphatic heterocycles. The second kappa shape index (κ2) is 5.22. The van der Waals surface area contributed by atoms with Crippen molar-refractivity contribution in [1.82, 2.24) is 0 Å². The van der Waals surface area contributed by atoms with Crippen molar-refractivity contribution >= 4 is 5.69 Å². The predicted octanol–water partition coefficient (Wildman–Crippen LogP) is 3.57. The first kappa shape index (κ1) is 13.3. The molecule has 0 saturated carbocycles. The van der Waals surface area contributed by atoms with Crippen LogP contribution >= 0.6 is 0 Å². The molecule has 0 amide bonds. The Hall–Kier alpha value is -2.17. The molecule has 100 valence electrons. The van der Waals surface area contributed by atoms with E-state index in [9.17, 15) is 13.2 Å². The minimum absolute atomic E-state index is 0.0202. The van der Waals surface area contributed by atoms with Gasteiger partial charge < -0.3 is 10.5 Å². The normalized spacial score (nSPS) is 10.5. The fourth-order valence-electron chi connectivity index (χ4n) is 1.63. The van der Waals surface area contributed by atoms with Crippen LogP contribution in [0.15, 0.2) is 30.3 Å². The lowest BCUT2D eigenvalue weighted by Crippen LogP contribution is -2.02. The van der Waals surface area contributed by atoms with Crippen molar-refractivity contribution in [1.29, 1.82) is 0 Å². The van der Waals surface area contributed by atoms with Crippen molar-refractivity contribution in [2.24, 2.45) is 0 Å². The van der Waals surface area contributed by atoms with E-state index in [0.717, 1.165) is 12.1 Å². The quantitative estimate of drug-likeness (QED) is 0.863. The summed E-state index contributed by atoms with van der Waals surface area (Å²) in [4.78, 5) is 0. The van der Waals surface area contributed by atoms with E-state index < -0.39 is 11.6 Å². The minimum atomic E-state index is -0.743. The molecule has 19 heavy (non-hydrogen) atoms. The number of anilines is 1. The van der Waals surface area contributed by atoms with Gasteiger partial charge in [-0.3, -0.25) is 0 Å². The highest BCUT2D eigenvalue weighted by molar-refractivity contribution is 5.44. The van der Waals surface area contributed by atoms with Crippen molar-refractivity contribution in [2.45, 2.75) is 13.5 Å². The van der Waals surface area contributed by atoms with Gasteiger partial charge in [0.15, 0.2) is 11.6 Å². The number of ether oxygens (including phenoxy) is 1. The van der Waals surface area contributed by atoms with Crippen LogP contribution in [-0.2, 0) is 6.61 Å². The molecule has 2 nitrogen and oxygen atoms in total. The van der Waals surface area contributed by atoms with E-state index in [1.165, 1.54) is 18.2 Å². The maximum absolute atomic E-state index is 13.5. The van der Waals surface area contributed by atoms with Crippen LogP contribution in [0.2, 0.25) is 0 Å². The highest BCUT2D eigenvalue weighted by Crippen LogP contribution is 2.24. The Morgan fingerprint density at radius 1 is 1.05 bits per heavy atom. The Labute approximate surface area is 108 Å². The second-order valence-electron chi connectivity index (χ2n) is 4.16. The molecule has 0 saturated heterocycles. The average molecular weight is 267 g/mol. The standard InChI is InChI=1S/C14H12F3NO/c1-8-4-10(15)3-2-9(8)7-19-14-6-11(16)13(18)5-12(14)17/h2-6H,7,18H2,1H3. The zero-order valence-corrected chi connectivity index (χ0v) is 10.2. The van der Waals surface area contributed by atoms with E-state index in [4.69, 9.17) is 10.5 Å². The molecule has 0 unspecified atom stereocenters. The van der Waals surface area contributed by atoms with Crippen LogP contribution in [0, 0.1) is 24.4 Å². The first-order valence-corrected chi connectivity index (χ1v) is 5.59. The van der Waals surface area contributed by atoms with E-state index in [0.29, 0.717) is 11.1 Å². The number of hydrogen-bond donors (Lipinski definition) is 1. The number of hydrogen-bond acceptors (Lipinski definition) is 2. The molecule has 0 aromatic heterocycles. The fourth-order valence-corrected chi connectivity index (χ4v) is 1.63. The van der Waals surface area contributed by atoms with Gasteiger partial charge in [0.25, 0.3) is 0 Å². The third-order valence-corrected chi connectivity index (χ3v) is 2.74. The molecule has 2 aromatic rings. The lowest BCUT2D eigenvalue weighted by atomic mass is 10.1. The van der Waals surface area contributed by atoms with Gasteiger partial charge in [0.2, 0.25) is 0 Å². The number of halogens is 3. The monoisotopic (exact) mass is 267 g/mol. The number of nitrogen functional groups attached to an aromatic ring is 1. The highest BCUT2D eigenvalue weighted by Gasteiger charge is 2.10. The van der Waals surface area contributed by atoms with Gasteiger partial charge in [-0.15, -0.1) is 0 Å². The second-order valence-corrected chi connectivity index (χ2v) is 4.16. The Morgan fingerprint density at radius 2 is 1.79 bits per heavy atom. The SMILES string of the molecule is Cc1cc(F)ccc1COc1cc(F)c(N)cc1F. The molecule has 0 fully saturated rings. The van der Waals surface area contributed by atoms with E-state index in [2.05, 4.69) is 0 Å². The topological polar surface area (TPSA) is 35.2 Å². The van der Waals surface area contributed by atoms with Gasteiger partial charge in [-0.1, -0.05) is 6.07 Å². The van der Waals surface area contributed by atoms with Crippen molar-refractivity contribution in [2.75, 3.05) is 5.73 Å². The number of benzene rings is 2. The zero-order chi connectivity index (χ0) is 14.0. The van der Waals surface area contributed by atoms with Crippen molar-refractivity contribution in [3.63, 3.8) is 0 Å². The van der Waals surface area contributed by atoms with E-state index in [1.807, 2.05) is 0 Å². The molecule has 0 heterocycles. The molecule has 0 spiro atoms. The molecule has 2 aromatic carbocycles. The summed E-state index contributed by atoms with van der Waals surface area (Å²) in [5.74, 6) is -2.06. The largest absolute Gasteiger partial charge is 0.486 e. The summed E-state index contributed by atoms with van der Waals surface area (Å²) in [5.41, 5.74) is 6.32.